The molecule has 0 spiro atoms. The van der Waals surface area contributed by atoms with Gasteiger partial charge in [-0.25, -0.2) is 10.3 Å². The van der Waals surface area contributed by atoms with Crippen LogP contribution in [0.1, 0.15) is 26.3 Å². The molecule has 1 aromatic carbocycles. The monoisotopic (exact) mass is 325 g/mol. The molecule has 7 heteroatoms. The molecule has 0 heterocycles. The number of carbonyl (C=O) groups excluding carboxylic acids is 1. The largest absolute Gasteiger partial charge is 0.469 e. The topological polar surface area (TPSA) is 85.6 Å². The number of hydrogen-bond donors (Lipinski definition) is 3. The van der Waals surface area contributed by atoms with Gasteiger partial charge in [0.05, 0.1) is 11.6 Å². The number of nitrogens with one attached hydrogen (secondary N) is 2. The Morgan fingerprint density at radius 1 is 1.32 bits per heavy atom. The molecule has 0 radical (unpaired) electrons. The Labute approximate surface area is 136 Å². The van der Waals surface area contributed by atoms with Crippen molar-refractivity contribution in [3.8, 4) is 0 Å². The van der Waals surface area contributed by atoms with Gasteiger partial charge in [0.2, 0.25) is 0 Å². The van der Waals surface area contributed by atoms with Gasteiger partial charge in [0.1, 0.15) is 6.61 Å². The predicted molar refractivity (Wildman–Crippen MR) is 89.2 cm³/mol. The van der Waals surface area contributed by atoms with Crippen LogP contribution >= 0.6 is 12.2 Å². The number of ether oxygens (including phenoxy) is 1. The first-order chi connectivity index (χ1) is 10.3. The minimum Gasteiger partial charge on any atom is -0.469 e. The van der Waals surface area contributed by atoms with Crippen LogP contribution in [-0.2, 0) is 16.0 Å². The molecule has 0 bridgehead atoms. The van der Waals surface area contributed by atoms with Crippen LogP contribution < -0.4 is 16.5 Å². The lowest BCUT2D eigenvalue weighted by atomic mass is 10.1. The number of urea groups is 1. The third kappa shape index (κ3) is 8.43. The van der Waals surface area contributed by atoms with Gasteiger partial charge in [0, 0.05) is 0 Å². The lowest BCUT2D eigenvalue weighted by Gasteiger charge is -2.22. The second kappa shape index (κ2) is 8.55. The highest BCUT2D eigenvalue weighted by molar-refractivity contribution is 7.80. The molecule has 22 heavy (non-hydrogen) atoms. The summed E-state index contributed by atoms with van der Waals surface area (Å²) in [5.74, 6) is 0. The van der Waals surface area contributed by atoms with Gasteiger partial charge in [0.25, 0.3) is 5.17 Å². The van der Waals surface area contributed by atoms with Crippen molar-refractivity contribution >= 4 is 23.4 Å². The van der Waals surface area contributed by atoms with Gasteiger partial charge in [-0.3, -0.25) is 4.84 Å². The fraction of sp³-hybridized carbons (Fsp3) is 0.467. The minimum absolute atomic E-state index is 0.0498. The quantitative estimate of drug-likeness (QED) is 0.549. The summed E-state index contributed by atoms with van der Waals surface area (Å²) in [6.45, 7) is 5.70. The molecule has 1 rings (SSSR count). The third-order valence-corrected chi connectivity index (χ3v) is 2.65. The molecule has 1 atom stereocenters. The Kier molecular flexibility index (Phi) is 7.07. The smallest absolute Gasteiger partial charge is 0.339 e. The number of rotatable bonds is 6. The zero-order valence-electron chi connectivity index (χ0n) is 13.1. The number of benzene rings is 1. The Morgan fingerprint density at radius 2 is 1.95 bits per heavy atom. The maximum Gasteiger partial charge on any atom is 0.339 e. The molecule has 0 saturated carbocycles. The van der Waals surface area contributed by atoms with Crippen LogP contribution in [0.15, 0.2) is 30.3 Å². The van der Waals surface area contributed by atoms with Gasteiger partial charge in [-0.2, -0.15) is 0 Å². The van der Waals surface area contributed by atoms with Crippen LogP contribution in [0.25, 0.3) is 0 Å². The van der Waals surface area contributed by atoms with Gasteiger partial charge in [-0.1, -0.05) is 30.3 Å². The summed E-state index contributed by atoms with van der Waals surface area (Å²) in [5, 5.41) is 2.73. The van der Waals surface area contributed by atoms with E-state index in [0.717, 1.165) is 5.56 Å². The molecule has 6 nitrogen and oxygen atoms in total. The molecule has 0 aromatic heterocycles. The average Bonchev–Trinajstić information content (AvgIpc) is 2.43. The number of amides is 2. The van der Waals surface area contributed by atoms with Crippen LogP contribution in [0.5, 0.6) is 0 Å². The second-order valence-corrected chi connectivity index (χ2v) is 6.21. The number of thiocarbonyl (C=S) groups is 1. The third-order valence-electron chi connectivity index (χ3n) is 2.54. The molecule has 1 unspecified atom stereocenters. The summed E-state index contributed by atoms with van der Waals surface area (Å²) in [5.41, 5.74) is 8.29. The van der Waals surface area contributed by atoms with E-state index in [2.05, 4.69) is 10.8 Å². The second-order valence-electron chi connectivity index (χ2n) is 5.81. The Balaban J connectivity index is 2.57. The summed E-state index contributed by atoms with van der Waals surface area (Å²) in [7, 11) is 0. The Hall–Kier alpha value is -1.86. The fourth-order valence-corrected chi connectivity index (χ4v) is 1.72. The average molecular weight is 325 g/mol. The molecule has 0 saturated heterocycles. The fourth-order valence-electron chi connectivity index (χ4n) is 1.65. The van der Waals surface area contributed by atoms with Crippen LogP contribution in [0.4, 0.5) is 4.79 Å². The van der Waals surface area contributed by atoms with E-state index in [1.54, 1.807) is 0 Å². The van der Waals surface area contributed by atoms with E-state index in [1.165, 1.54) is 0 Å². The van der Waals surface area contributed by atoms with E-state index in [-0.39, 0.29) is 17.8 Å². The van der Waals surface area contributed by atoms with E-state index in [4.69, 9.17) is 27.5 Å². The Bertz CT molecular complexity index is 489. The van der Waals surface area contributed by atoms with E-state index >= 15 is 0 Å². The van der Waals surface area contributed by atoms with Crippen molar-refractivity contribution < 1.29 is 14.4 Å². The van der Waals surface area contributed by atoms with Crippen molar-refractivity contribution in [2.75, 3.05) is 6.61 Å². The molecule has 0 fully saturated rings. The van der Waals surface area contributed by atoms with Crippen molar-refractivity contribution in [2.24, 2.45) is 5.73 Å². The molecule has 0 aliphatic rings. The van der Waals surface area contributed by atoms with Gasteiger partial charge in [-0.15, -0.1) is 0 Å². The first kappa shape index (κ1) is 18.2. The van der Waals surface area contributed by atoms with Crippen molar-refractivity contribution in [2.45, 2.75) is 38.8 Å². The molecule has 1 aromatic rings. The first-order valence-corrected chi connectivity index (χ1v) is 7.38. The van der Waals surface area contributed by atoms with Crippen LogP contribution in [0, 0.1) is 0 Å². The van der Waals surface area contributed by atoms with Crippen LogP contribution in [0.2, 0.25) is 0 Å². The highest BCUT2D eigenvalue weighted by atomic mass is 32.1. The zero-order valence-corrected chi connectivity index (χ0v) is 13.9. The number of hydroxylamine groups is 1. The molecule has 2 amide bonds. The number of nitrogens with two attached hydrogens (primary N) is 1. The summed E-state index contributed by atoms with van der Waals surface area (Å²) < 4.78 is 5.15. The predicted octanol–water partition coefficient (Wildman–Crippen LogP) is 1.89. The van der Waals surface area contributed by atoms with Gasteiger partial charge < -0.3 is 15.8 Å². The van der Waals surface area contributed by atoms with Gasteiger partial charge in [-0.05, 0) is 45.0 Å². The molecular formula is C15H23N3O3S. The minimum atomic E-state index is -0.471. The zero-order chi connectivity index (χ0) is 16.6. The molecule has 0 aliphatic heterocycles. The van der Waals surface area contributed by atoms with E-state index in [0.29, 0.717) is 6.42 Å². The summed E-state index contributed by atoms with van der Waals surface area (Å²) >= 11 is 4.69. The lowest BCUT2D eigenvalue weighted by Crippen LogP contribution is -2.47. The van der Waals surface area contributed by atoms with Crippen LogP contribution in [0.3, 0.4) is 0 Å². The maximum absolute atomic E-state index is 11.9. The lowest BCUT2D eigenvalue weighted by molar-refractivity contribution is -0.0534. The van der Waals surface area contributed by atoms with Gasteiger partial charge >= 0.3 is 6.03 Å². The van der Waals surface area contributed by atoms with Gasteiger partial charge in [0.15, 0.2) is 0 Å². The van der Waals surface area contributed by atoms with Crippen molar-refractivity contribution in [1.82, 2.24) is 10.8 Å². The van der Waals surface area contributed by atoms with Crippen molar-refractivity contribution in [1.29, 1.82) is 0 Å². The van der Waals surface area contributed by atoms with Crippen molar-refractivity contribution in [3.63, 3.8) is 0 Å². The SMILES string of the molecule is CC(C)(C)ONC(=O)NC(COC(N)=S)Cc1ccccc1. The highest BCUT2D eigenvalue weighted by Crippen LogP contribution is 2.05. The van der Waals surface area contributed by atoms with E-state index < -0.39 is 11.6 Å². The maximum atomic E-state index is 11.9. The summed E-state index contributed by atoms with van der Waals surface area (Å²) in [6.07, 6.45) is 0.590. The Morgan fingerprint density at radius 3 is 2.50 bits per heavy atom. The molecule has 4 N–H and O–H groups in total. The number of hydrogen-bond acceptors (Lipinski definition) is 4. The summed E-state index contributed by atoms with van der Waals surface area (Å²) in [6, 6.07) is 9.02. The highest BCUT2D eigenvalue weighted by Gasteiger charge is 2.17. The van der Waals surface area contributed by atoms with Crippen molar-refractivity contribution in [3.05, 3.63) is 35.9 Å². The standard InChI is InChI=1S/C15H23N3O3S/c1-15(2,3)21-18-14(19)17-12(10-20-13(16)22)9-11-7-5-4-6-8-11/h4-8,12H,9-10H2,1-3H3,(H2,16,22)(H2,17,18,19). The number of carbonyl (C=O) groups is 1. The normalized spacial score (nSPS) is 12.3. The molecular weight excluding hydrogens is 302 g/mol. The first-order valence-electron chi connectivity index (χ1n) is 6.97. The van der Waals surface area contributed by atoms with Crippen LogP contribution in [-0.4, -0.2) is 29.5 Å². The van der Waals surface area contributed by atoms with E-state index in [9.17, 15) is 4.79 Å². The molecule has 0 aliphatic carbocycles. The summed E-state index contributed by atoms with van der Waals surface area (Å²) in [4.78, 5) is 17.1. The molecule has 122 valence electrons. The van der Waals surface area contributed by atoms with E-state index in [1.807, 2.05) is 51.1 Å².